The summed E-state index contributed by atoms with van der Waals surface area (Å²) in [5, 5.41) is 6.36. The predicted molar refractivity (Wildman–Crippen MR) is 152 cm³/mol. The predicted octanol–water partition coefficient (Wildman–Crippen LogP) is 2.14. The van der Waals surface area contributed by atoms with Crippen LogP contribution in [0.3, 0.4) is 0 Å². The third kappa shape index (κ3) is 5.69. The van der Waals surface area contributed by atoms with Gasteiger partial charge in [-0.1, -0.05) is 0 Å². The van der Waals surface area contributed by atoms with Crippen molar-refractivity contribution in [3.05, 3.63) is 142 Å². The van der Waals surface area contributed by atoms with Crippen molar-refractivity contribution in [2.75, 3.05) is 13.3 Å². The van der Waals surface area contributed by atoms with E-state index in [4.69, 9.17) is 0 Å². The molecule has 4 aromatic rings. The van der Waals surface area contributed by atoms with Crippen LogP contribution >= 0.6 is 15.8 Å². The van der Waals surface area contributed by atoms with Gasteiger partial charge in [0.1, 0.15) is 0 Å². The minimum atomic E-state index is -1.22. The topological polar surface area (TPSA) is 0 Å². The molecule has 0 fully saturated rings. The van der Waals surface area contributed by atoms with Crippen molar-refractivity contribution in [1.82, 2.24) is 0 Å². The number of fused-ring (bicyclic) bond motifs is 2. The van der Waals surface area contributed by atoms with Gasteiger partial charge in [0.2, 0.25) is 0 Å². The zero-order valence-electron chi connectivity index (χ0n) is 20.9. The Labute approximate surface area is 247 Å². The third-order valence-corrected chi connectivity index (χ3v) is 19.5. The van der Waals surface area contributed by atoms with Crippen molar-refractivity contribution < 1.29 is 47.7 Å². The first kappa shape index (κ1) is 28.7. The first-order chi connectivity index (χ1) is 17.2. The number of hydrogen-bond donors (Lipinski definition) is 0. The fourth-order valence-electron chi connectivity index (χ4n) is 5.31. The molecule has 37 heavy (non-hydrogen) atoms. The van der Waals surface area contributed by atoms with Crippen molar-refractivity contribution in [2.24, 2.45) is 0 Å². The Bertz CT molecular complexity index is 1380. The van der Waals surface area contributed by atoms with Crippen LogP contribution in [0.4, 0.5) is 0 Å². The maximum absolute atomic E-state index is 2.57. The van der Waals surface area contributed by atoms with Gasteiger partial charge in [-0.05, 0) is 0 Å². The molecule has 0 spiro atoms. The molecule has 0 radical (unpaired) electrons. The van der Waals surface area contributed by atoms with Crippen LogP contribution in [0.1, 0.15) is 29.6 Å². The average molecular weight is 724 g/mol. The van der Waals surface area contributed by atoms with Crippen LogP contribution in [0.5, 0.6) is 0 Å². The molecule has 5 heteroatoms. The van der Waals surface area contributed by atoms with E-state index in [1.807, 2.05) is 0 Å². The van der Waals surface area contributed by atoms with Gasteiger partial charge in [0.15, 0.2) is 0 Å². The molecule has 0 saturated carbocycles. The molecule has 2 aliphatic rings. The second-order valence-corrected chi connectivity index (χ2v) is 19.2. The van der Waals surface area contributed by atoms with E-state index >= 15 is 0 Å². The molecular weight excluding hydrogens is 696 g/mol. The fraction of sp³-hybridized carbons (Fsp3) is 0.125. The molecule has 0 saturated heterocycles. The van der Waals surface area contributed by atoms with Crippen molar-refractivity contribution in [3.63, 3.8) is 0 Å². The first-order valence-electron chi connectivity index (χ1n) is 12.2. The first-order valence-corrected chi connectivity index (χ1v) is 19.9. The van der Waals surface area contributed by atoms with Gasteiger partial charge in [-0.2, -0.15) is 0 Å². The van der Waals surface area contributed by atoms with E-state index in [0.717, 1.165) is 0 Å². The van der Waals surface area contributed by atoms with Crippen molar-refractivity contribution in [3.8, 4) is 0 Å². The van der Waals surface area contributed by atoms with E-state index in [1.54, 1.807) is 21.8 Å². The molecule has 184 valence electrons. The number of allylic oxidation sites excluding steroid dienone is 2. The van der Waals surface area contributed by atoms with Crippen LogP contribution in [0, 0.1) is 0 Å². The van der Waals surface area contributed by atoms with Gasteiger partial charge in [-0.3, -0.25) is 0 Å². The maximum Gasteiger partial charge on any atom is -1.00 e. The third-order valence-electron chi connectivity index (χ3n) is 6.95. The number of rotatable bonds is 6. The van der Waals surface area contributed by atoms with E-state index < -0.39 is 30.8 Å². The summed E-state index contributed by atoms with van der Waals surface area (Å²) in [6.45, 7) is 4.90. The zero-order valence-corrected chi connectivity index (χ0v) is 27.7. The van der Waals surface area contributed by atoms with E-state index in [-0.39, 0.29) is 32.7 Å². The minimum Gasteiger partial charge on any atom is -1.00 e. The van der Waals surface area contributed by atoms with Crippen LogP contribution in [0.15, 0.2) is 120 Å². The van der Waals surface area contributed by atoms with Gasteiger partial charge < -0.3 is 24.8 Å². The van der Waals surface area contributed by atoms with E-state index in [1.165, 1.54) is 21.7 Å². The quantitative estimate of drug-likeness (QED) is 0.212. The Kier molecular flexibility index (Phi) is 9.83. The van der Waals surface area contributed by atoms with Gasteiger partial charge in [-0.25, -0.2) is 0 Å². The molecule has 6 rings (SSSR count). The molecule has 0 heterocycles. The normalized spacial score (nSPS) is 17.2. The molecular formula is C32H28Cl2HfP2. The minimum absolute atomic E-state index is 0. The Morgan fingerprint density at radius 2 is 0.919 bits per heavy atom. The standard InChI is InChI=1S/C21H16P.C11H12P.2ClH.Hf/c1-3-11-19(12-4-1)22(20-13-5-2-6-14-20)21-15-17-9-7-8-10-18(17)16-21;1-12(2)11-7-9-5-3-4-6-10(9)8-11;;;/h1-16H;3-8H,1-2H3;2*1H;/q;;;;+2/p-2. The molecule has 0 aliphatic heterocycles. The molecule has 0 N–H and O–H groups in total. The van der Waals surface area contributed by atoms with Gasteiger partial charge in [0, 0.05) is 0 Å². The van der Waals surface area contributed by atoms with Crippen LogP contribution in [-0.4, -0.2) is 13.3 Å². The monoisotopic (exact) mass is 724 g/mol. The average Bonchev–Trinajstić information content (AvgIpc) is 3.45. The molecule has 0 nitrogen and oxygen atoms in total. The smallest absolute Gasteiger partial charge is 1.00 e. The number of hydrogen-bond acceptors (Lipinski definition) is 0. The fourth-order valence-corrected chi connectivity index (χ4v) is 20.5. The Hall–Kier alpha value is -1.33. The zero-order chi connectivity index (χ0) is 23.8. The summed E-state index contributed by atoms with van der Waals surface area (Å²) in [5.74, 6) is 0. The molecule has 0 aromatic heterocycles. The molecule has 2 atom stereocenters. The molecule has 2 aliphatic carbocycles. The Morgan fingerprint density at radius 1 is 0.514 bits per heavy atom. The summed E-state index contributed by atoms with van der Waals surface area (Å²) in [5.41, 5.74) is 6.12. The Morgan fingerprint density at radius 3 is 1.41 bits per heavy atom. The van der Waals surface area contributed by atoms with E-state index in [0.29, 0.717) is 7.35 Å². The number of halogens is 2. The largest absolute Gasteiger partial charge is 1.00 e. The molecule has 2 unspecified atom stereocenters. The second kappa shape index (κ2) is 12.7. The molecule has 4 aromatic carbocycles. The van der Waals surface area contributed by atoms with Crippen molar-refractivity contribution in [1.29, 1.82) is 0 Å². The summed E-state index contributed by atoms with van der Waals surface area (Å²) >= 11 is -1.22. The maximum atomic E-state index is 2.57. The number of benzene rings is 4. The van der Waals surface area contributed by atoms with Crippen LogP contribution < -0.4 is 35.4 Å². The van der Waals surface area contributed by atoms with Gasteiger partial charge in [-0.15, -0.1) is 0 Å². The SMILES string of the molecule is CP(C)C1=Cc2ccccc2[CH]1[Hf+2][CH]1C(P(c2ccccc2)c2ccccc2)=Cc2ccccc21.[Cl-].[Cl-]. The summed E-state index contributed by atoms with van der Waals surface area (Å²) < 4.78 is 1.31. The van der Waals surface area contributed by atoms with Gasteiger partial charge in [0.05, 0.1) is 0 Å². The summed E-state index contributed by atoms with van der Waals surface area (Å²) in [7, 11) is -0.656. The van der Waals surface area contributed by atoms with Crippen LogP contribution in [0.2, 0.25) is 0 Å². The van der Waals surface area contributed by atoms with Gasteiger partial charge in [0.25, 0.3) is 0 Å². The van der Waals surface area contributed by atoms with Crippen LogP contribution in [0.25, 0.3) is 12.2 Å². The summed E-state index contributed by atoms with van der Waals surface area (Å²) in [6.07, 6.45) is 5.11. The second-order valence-electron chi connectivity index (χ2n) is 9.33. The Balaban J connectivity index is 0.00000160. The molecule has 0 amide bonds. The van der Waals surface area contributed by atoms with E-state index in [9.17, 15) is 0 Å². The summed E-state index contributed by atoms with van der Waals surface area (Å²) in [4.78, 5) is 0. The van der Waals surface area contributed by atoms with Crippen molar-refractivity contribution >= 4 is 38.6 Å². The van der Waals surface area contributed by atoms with Gasteiger partial charge >= 0.3 is 224 Å². The van der Waals surface area contributed by atoms with E-state index in [2.05, 4.69) is 135 Å². The van der Waals surface area contributed by atoms with Crippen LogP contribution in [-0.2, 0) is 22.9 Å². The molecule has 0 bridgehead atoms. The summed E-state index contributed by atoms with van der Waals surface area (Å²) in [6, 6.07) is 41.0. The van der Waals surface area contributed by atoms with Crippen molar-refractivity contribution in [2.45, 2.75) is 7.35 Å².